The van der Waals surface area contributed by atoms with Gasteiger partial charge in [-0.15, -0.1) is 0 Å². The molecule has 0 aromatic heterocycles. The zero-order valence-electron chi connectivity index (χ0n) is 11.7. The maximum Gasteiger partial charge on any atom is 0.326 e. The van der Waals surface area contributed by atoms with Gasteiger partial charge < -0.3 is 10.4 Å². The summed E-state index contributed by atoms with van der Waals surface area (Å²) >= 11 is 0. The lowest BCUT2D eigenvalue weighted by molar-refractivity contribution is -0.141. The molecule has 0 spiro atoms. The molecule has 3 atom stereocenters. The van der Waals surface area contributed by atoms with E-state index in [0.717, 1.165) is 31.2 Å². The van der Waals surface area contributed by atoms with Gasteiger partial charge in [0, 0.05) is 5.92 Å². The lowest BCUT2D eigenvalue weighted by Crippen LogP contribution is -2.36. The first kappa shape index (κ1) is 14.6. The van der Waals surface area contributed by atoms with E-state index >= 15 is 0 Å². The topological polar surface area (TPSA) is 66.4 Å². The highest BCUT2D eigenvalue weighted by molar-refractivity contribution is 5.93. The van der Waals surface area contributed by atoms with Crippen LogP contribution >= 0.6 is 0 Å². The molecule has 1 heterocycles. The van der Waals surface area contributed by atoms with Crippen molar-refractivity contribution in [2.45, 2.75) is 44.6 Å². The normalized spacial score (nSPS) is 25.4. The van der Waals surface area contributed by atoms with E-state index in [1.165, 1.54) is 0 Å². The van der Waals surface area contributed by atoms with Crippen LogP contribution in [0.4, 0.5) is 0 Å². The van der Waals surface area contributed by atoms with E-state index < -0.39 is 12.0 Å². The zero-order valence-corrected chi connectivity index (χ0v) is 11.7. The number of carbonyl (C=O) groups is 2. The molecule has 0 bridgehead atoms. The molecular formula is C16H21NO3. The molecule has 108 valence electrons. The highest BCUT2D eigenvalue weighted by atomic mass is 16.4. The summed E-state index contributed by atoms with van der Waals surface area (Å²) in [5, 5.41) is 11.9. The molecule has 0 unspecified atom stereocenters. The number of rotatable bonds is 6. The van der Waals surface area contributed by atoms with Crippen molar-refractivity contribution in [1.82, 2.24) is 5.32 Å². The molecule has 4 nitrogen and oxygen atoms in total. The Kier molecular flexibility index (Phi) is 4.77. The Balaban J connectivity index is 2.22. The molecule has 1 aliphatic heterocycles. The molecule has 2 N–H and O–H groups in total. The van der Waals surface area contributed by atoms with E-state index in [1.807, 2.05) is 30.3 Å². The van der Waals surface area contributed by atoms with Crippen molar-refractivity contribution >= 4 is 11.9 Å². The molecular weight excluding hydrogens is 254 g/mol. The Labute approximate surface area is 119 Å². The molecule has 0 radical (unpaired) electrons. The van der Waals surface area contributed by atoms with Gasteiger partial charge in [0.2, 0.25) is 5.91 Å². The standard InChI is InChI=1S/C16H21NO3/c1-2-3-5-10-12-13(11-8-6-4-7-9-11)15(18)17-14(12)16(19)20/h4,6-9,12-14H,2-3,5,10H2,1H3,(H,17,18)(H,19,20)/t12-,13+,14-/m0/s1. The summed E-state index contributed by atoms with van der Waals surface area (Å²) in [6.07, 6.45) is 3.88. The molecule has 1 fully saturated rings. The van der Waals surface area contributed by atoms with E-state index in [1.54, 1.807) is 0 Å². The lowest BCUT2D eigenvalue weighted by Gasteiger charge is -2.20. The van der Waals surface area contributed by atoms with Gasteiger partial charge in [-0.3, -0.25) is 4.79 Å². The van der Waals surface area contributed by atoms with Crippen molar-refractivity contribution in [3.8, 4) is 0 Å². The number of carbonyl (C=O) groups excluding carboxylic acids is 1. The molecule has 20 heavy (non-hydrogen) atoms. The number of unbranched alkanes of at least 4 members (excludes halogenated alkanes) is 2. The van der Waals surface area contributed by atoms with Crippen LogP contribution in [-0.4, -0.2) is 23.0 Å². The quantitative estimate of drug-likeness (QED) is 0.784. The Morgan fingerprint density at radius 2 is 1.95 bits per heavy atom. The fourth-order valence-electron chi connectivity index (χ4n) is 3.00. The number of hydrogen-bond acceptors (Lipinski definition) is 2. The van der Waals surface area contributed by atoms with Crippen LogP contribution in [0.5, 0.6) is 0 Å². The number of benzene rings is 1. The van der Waals surface area contributed by atoms with Crippen LogP contribution in [0, 0.1) is 5.92 Å². The Morgan fingerprint density at radius 1 is 1.25 bits per heavy atom. The van der Waals surface area contributed by atoms with Crippen molar-refractivity contribution in [2.24, 2.45) is 5.92 Å². The van der Waals surface area contributed by atoms with Gasteiger partial charge in [-0.2, -0.15) is 0 Å². The summed E-state index contributed by atoms with van der Waals surface area (Å²) in [5.41, 5.74) is 0.912. The predicted molar refractivity (Wildman–Crippen MR) is 76.4 cm³/mol. The van der Waals surface area contributed by atoms with Crippen molar-refractivity contribution in [3.63, 3.8) is 0 Å². The number of amides is 1. The van der Waals surface area contributed by atoms with E-state index in [2.05, 4.69) is 12.2 Å². The van der Waals surface area contributed by atoms with Crippen LogP contribution in [0.2, 0.25) is 0 Å². The van der Waals surface area contributed by atoms with Gasteiger partial charge in [-0.05, 0) is 12.0 Å². The number of carboxylic acid groups (broad SMARTS) is 1. The smallest absolute Gasteiger partial charge is 0.326 e. The first-order chi connectivity index (χ1) is 9.65. The average Bonchev–Trinajstić information content (AvgIpc) is 2.77. The largest absolute Gasteiger partial charge is 0.480 e. The first-order valence-electron chi connectivity index (χ1n) is 7.23. The third kappa shape index (κ3) is 3.00. The fourth-order valence-corrected chi connectivity index (χ4v) is 3.00. The summed E-state index contributed by atoms with van der Waals surface area (Å²) in [7, 11) is 0. The predicted octanol–water partition coefficient (Wildman–Crippen LogP) is 2.55. The number of nitrogens with one attached hydrogen (secondary N) is 1. The second-order valence-corrected chi connectivity index (χ2v) is 5.37. The third-order valence-electron chi connectivity index (χ3n) is 4.00. The van der Waals surface area contributed by atoms with Gasteiger partial charge in [0.05, 0.1) is 5.92 Å². The third-order valence-corrected chi connectivity index (χ3v) is 4.00. The van der Waals surface area contributed by atoms with Crippen LogP contribution in [0.15, 0.2) is 30.3 Å². The highest BCUT2D eigenvalue weighted by Gasteiger charge is 2.45. The molecule has 0 saturated carbocycles. The Morgan fingerprint density at radius 3 is 2.55 bits per heavy atom. The minimum absolute atomic E-state index is 0.158. The van der Waals surface area contributed by atoms with Crippen LogP contribution in [0.1, 0.15) is 44.1 Å². The molecule has 1 aliphatic rings. The monoisotopic (exact) mass is 275 g/mol. The SMILES string of the molecule is CCCCC[C@@H]1[C@@H](C(=O)O)NC(=O)[C@@H]1c1ccccc1. The summed E-state index contributed by atoms with van der Waals surface area (Å²) in [6, 6.07) is 8.73. The highest BCUT2D eigenvalue weighted by Crippen LogP contribution is 2.36. The van der Waals surface area contributed by atoms with Crippen LogP contribution < -0.4 is 5.32 Å². The van der Waals surface area contributed by atoms with Gasteiger partial charge in [0.25, 0.3) is 0 Å². The summed E-state index contributed by atoms with van der Waals surface area (Å²) < 4.78 is 0. The second kappa shape index (κ2) is 6.55. The van der Waals surface area contributed by atoms with Crippen molar-refractivity contribution in [3.05, 3.63) is 35.9 Å². The second-order valence-electron chi connectivity index (χ2n) is 5.37. The maximum absolute atomic E-state index is 12.2. The van der Waals surface area contributed by atoms with Gasteiger partial charge in [0.1, 0.15) is 6.04 Å². The molecule has 2 rings (SSSR count). The first-order valence-corrected chi connectivity index (χ1v) is 7.23. The minimum Gasteiger partial charge on any atom is -0.480 e. The molecule has 1 saturated heterocycles. The van der Waals surface area contributed by atoms with Crippen LogP contribution in [0.25, 0.3) is 0 Å². The van der Waals surface area contributed by atoms with Crippen molar-refractivity contribution < 1.29 is 14.7 Å². The molecule has 1 aromatic carbocycles. The number of carboxylic acids is 1. The lowest BCUT2D eigenvalue weighted by atomic mass is 9.81. The van der Waals surface area contributed by atoms with Crippen LogP contribution in [-0.2, 0) is 9.59 Å². The van der Waals surface area contributed by atoms with Crippen LogP contribution in [0.3, 0.4) is 0 Å². The molecule has 4 heteroatoms. The Bertz CT molecular complexity index is 472. The zero-order chi connectivity index (χ0) is 14.5. The van der Waals surface area contributed by atoms with Gasteiger partial charge in [0.15, 0.2) is 0 Å². The summed E-state index contributed by atoms with van der Waals surface area (Å²) in [6.45, 7) is 2.11. The number of aliphatic carboxylic acids is 1. The average molecular weight is 275 g/mol. The molecule has 1 aromatic rings. The van der Waals surface area contributed by atoms with E-state index in [9.17, 15) is 14.7 Å². The van der Waals surface area contributed by atoms with Gasteiger partial charge >= 0.3 is 5.97 Å². The Hall–Kier alpha value is -1.84. The maximum atomic E-state index is 12.2. The minimum atomic E-state index is -0.932. The summed E-state index contributed by atoms with van der Waals surface area (Å²) in [4.78, 5) is 23.5. The number of hydrogen-bond donors (Lipinski definition) is 2. The summed E-state index contributed by atoms with van der Waals surface area (Å²) in [5.74, 6) is -1.59. The molecule has 1 amide bonds. The van der Waals surface area contributed by atoms with Gasteiger partial charge in [-0.1, -0.05) is 56.5 Å². The van der Waals surface area contributed by atoms with E-state index in [4.69, 9.17) is 0 Å². The van der Waals surface area contributed by atoms with E-state index in [-0.39, 0.29) is 17.7 Å². The van der Waals surface area contributed by atoms with Crippen molar-refractivity contribution in [2.75, 3.05) is 0 Å². The fraction of sp³-hybridized carbons (Fsp3) is 0.500. The molecule has 0 aliphatic carbocycles. The van der Waals surface area contributed by atoms with Gasteiger partial charge in [-0.25, -0.2) is 4.79 Å². The van der Waals surface area contributed by atoms with Crippen molar-refractivity contribution in [1.29, 1.82) is 0 Å². The van der Waals surface area contributed by atoms with E-state index in [0.29, 0.717) is 0 Å².